The molecule has 116 valence electrons. The Bertz CT molecular complexity index is 656. The maximum absolute atomic E-state index is 12.2. The van der Waals surface area contributed by atoms with Crippen LogP contribution in [0.3, 0.4) is 0 Å². The molecule has 0 spiro atoms. The van der Waals surface area contributed by atoms with E-state index < -0.39 is 0 Å². The van der Waals surface area contributed by atoms with Gasteiger partial charge in [0.15, 0.2) is 5.69 Å². The lowest BCUT2D eigenvalue weighted by molar-refractivity contribution is 0.102. The number of aryl methyl sites for hydroxylation is 1. The van der Waals surface area contributed by atoms with E-state index in [0.29, 0.717) is 17.4 Å². The molecule has 0 aliphatic rings. The van der Waals surface area contributed by atoms with Crippen LogP contribution >= 0.6 is 15.9 Å². The number of benzene rings is 1. The van der Waals surface area contributed by atoms with E-state index in [2.05, 4.69) is 50.6 Å². The number of anilines is 2. The van der Waals surface area contributed by atoms with Crippen LogP contribution in [0.1, 0.15) is 29.9 Å². The second-order valence-corrected chi connectivity index (χ2v) is 6.37. The molecule has 0 unspecified atom stereocenters. The molecular weight excluding hydrogens is 344 g/mol. The van der Waals surface area contributed by atoms with Gasteiger partial charge in [-0.2, -0.15) is 0 Å². The monoisotopic (exact) mass is 362 g/mol. The maximum atomic E-state index is 12.2. The Labute approximate surface area is 138 Å². The number of halogens is 1. The molecule has 0 bridgehead atoms. The first-order valence-electron chi connectivity index (χ1n) is 7.11. The van der Waals surface area contributed by atoms with Gasteiger partial charge >= 0.3 is 0 Å². The third kappa shape index (κ3) is 4.53. The van der Waals surface area contributed by atoms with Gasteiger partial charge in [0, 0.05) is 11.0 Å². The topological polar surface area (TPSA) is 66.9 Å². The van der Waals surface area contributed by atoms with Crippen LogP contribution in [0, 0.1) is 12.8 Å². The number of carbonyl (C=O) groups excluding carboxylic acids is 1. The van der Waals surface area contributed by atoms with Crippen molar-refractivity contribution in [1.82, 2.24) is 10.2 Å². The molecule has 1 heterocycles. The van der Waals surface area contributed by atoms with Gasteiger partial charge in [0.25, 0.3) is 5.91 Å². The summed E-state index contributed by atoms with van der Waals surface area (Å²) in [6.07, 6.45) is 0. The summed E-state index contributed by atoms with van der Waals surface area (Å²) in [5.41, 5.74) is 2.10. The summed E-state index contributed by atoms with van der Waals surface area (Å²) in [5, 5.41) is 14.0. The van der Waals surface area contributed by atoms with E-state index in [1.807, 2.05) is 25.1 Å². The van der Waals surface area contributed by atoms with Crippen molar-refractivity contribution < 1.29 is 4.79 Å². The Morgan fingerprint density at radius 2 is 2.00 bits per heavy atom. The first-order chi connectivity index (χ1) is 10.5. The zero-order valence-electron chi connectivity index (χ0n) is 12.9. The van der Waals surface area contributed by atoms with Crippen molar-refractivity contribution in [3.63, 3.8) is 0 Å². The number of aromatic nitrogens is 2. The molecule has 2 N–H and O–H groups in total. The summed E-state index contributed by atoms with van der Waals surface area (Å²) in [7, 11) is 0. The van der Waals surface area contributed by atoms with E-state index in [1.165, 1.54) is 0 Å². The van der Waals surface area contributed by atoms with Crippen molar-refractivity contribution in [3.8, 4) is 0 Å². The van der Waals surface area contributed by atoms with Gasteiger partial charge in [-0.1, -0.05) is 19.9 Å². The predicted molar refractivity (Wildman–Crippen MR) is 92.2 cm³/mol. The number of amides is 1. The Kier molecular flexibility index (Phi) is 5.49. The average molecular weight is 363 g/mol. The van der Waals surface area contributed by atoms with E-state index in [1.54, 1.807) is 12.1 Å². The molecule has 0 fully saturated rings. The molecule has 6 heteroatoms. The fourth-order valence-electron chi connectivity index (χ4n) is 1.76. The number of nitrogens with zero attached hydrogens (tertiary/aromatic N) is 2. The average Bonchev–Trinajstić information content (AvgIpc) is 2.48. The molecule has 1 aromatic carbocycles. The van der Waals surface area contributed by atoms with Crippen LogP contribution in [0.4, 0.5) is 11.5 Å². The van der Waals surface area contributed by atoms with E-state index in [4.69, 9.17) is 0 Å². The lowest BCUT2D eigenvalue weighted by atomic mass is 10.2. The molecule has 0 saturated heterocycles. The van der Waals surface area contributed by atoms with Gasteiger partial charge in [-0.25, -0.2) is 0 Å². The molecule has 0 aliphatic heterocycles. The molecule has 0 aliphatic carbocycles. The zero-order chi connectivity index (χ0) is 16.1. The van der Waals surface area contributed by atoms with E-state index >= 15 is 0 Å². The first-order valence-corrected chi connectivity index (χ1v) is 7.90. The SMILES string of the molecule is Cc1ccc(NC(=O)c2ccc(NCC(C)C)nn2)c(Br)c1. The molecule has 1 amide bonds. The third-order valence-corrected chi connectivity index (χ3v) is 3.62. The van der Waals surface area contributed by atoms with Crippen LogP contribution in [0.25, 0.3) is 0 Å². The first kappa shape index (κ1) is 16.4. The summed E-state index contributed by atoms with van der Waals surface area (Å²) in [5.74, 6) is 0.901. The van der Waals surface area contributed by atoms with Crippen LogP contribution in [-0.2, 0) is 0 Å². The second kappa shape index (κ2) is 7.35. The number of hydrogen-bond donors (Lipinski definition) is 2. The fraction of sp³-hybridized carbons (Fsp3) is 0.312. The van der Waals surface area contributed by atoms with Crippen molar-refractivity contribution >= 4 is 33.3 Å². The zero-order valence-corrected chi connectivity index (χ0v) is 14.4. The molecule has 0 saturated carbocycles. The van der Waals surface area contributed by atoms with Crippen LogP contribution in [0.2, 0.25) is 0 Å². The van der Waals surface area contributed by atoms with E-state index in [-0.39, 0.29) is 11.6 Å². The Morgan fingerprint density at radius 1 is 1.23 bits per heavy atom. The van der Waals surface area contributed by atoms with Gasteiger partial charge in [-0.3, -0.25) is 4.79 Å². The van der Waals surface area contributed by atoms with Crippen LogP contribution in [0.15, 0.2) is 34.8 Å². The van der Waals surface area contributed by atoms with Crippen LogP contribution < -0.4 is 10.6 Å². The number of carbonyl (C=O) groups is 1. The minimum Gasteiger partial charge on any atom is -0.368 e. The largest absolute Gasteiger partial charge is 0.368 e. The normalized spacial score (nSPS) is 10.6. The lowest BCUT2D eigenvalue weighted by Gasteiger charge is -2.09. The highest BCUT2D eigenvalue weighted by Crippen LogP contribution is 2.23. The summed E-state index contributed by atoms with van der Waals surface area (Å²) in [6.45, 7) is 7.03. The van der Waals surface area contributed by atoms with Gasteiger partial charge in [-0.05, 0) is 58.6 Å². The molecule has 5 nitrogen and oxygen atoms in total. The molecule has 0 radical (unpaired) electrons. The highest BCUT2D eigenvalue weighted by molar-refractivity contribution is 9.10. The number of nitrogens with one attached hydrogen (secondary N) is 2. The smallest absolute Gasteiger partial charge is 0.276 e. The molecule has 22 heavy (non-hydrogen) atoms. The summed E-state index contributed by atoms with van der Waals surface area (Å²) >= 11 is 3.43. The van der Waals surface area contributed by atoms with Crippen LogP contribution in [-0.4, -0.2) is 22.6 Å². The van der Waals surface area contributed by atoms with E-state index in [9.17, 15) is 4.79 Å². The van der Waals surface area contributed by atoms with E-state index in [0.717, 1.165) is 16.6 Å². The Balaban J connectivity index is 2.03. The third-order valence-electron chi connectivity index (χ3n) is 2.96. The van der Waals surface area contributed by atoms with Gasteiger partial charge in [0.1, 0.15) is 5.82 Å². The molecule has 0 atom stereocenters. The van der Waals surface area contributed by atoms with Gasteiger partial charge in [0.2, 0.25) is 0 Å². The Hall–Kier alpha value is -1.95. The van der Waals surface area contributed by atoms with Gasteiger partial charge in [-0.15, -0.1) is 10.2 Å². The Morgan fingerprint density at radius 3 is 2.59 bits per heavy atom. The second-order valence-electron chi connectivity index (χ2n) is 5.52. The summed E-state index contributed by atoms with van der Waals surface area (Å²) in [4.78, 5) is 12.2. The standard InChI is InChI=1S/C16H19BrN4O/c1-10(2)9-18-15-7-6-14(20-21-15)16(22)19-13-5-4-11(3)8-12(13)17/h4-8,10H,9H2,1-3H3,(H,18,21)(H,19,22). The van der Waals surface area contributed by atoms with Crippen molar-refractivity contribution in [2.75, 3.05) is 17.2 Å². The molecule has 2 aromatic rings. The minimum absolute atomic E-state index is 0.280. The molecular formula is C16H19BrN4O. The van der Waals surface area contributed by atoms with Crippen molar-refractivity contribution in [2.24, 2.45) is 5.92 Å². The molecule has 2 rings (SSSR count). The minimum atomic E-state index is -0.285. The van der Waals surface area contributed by atoms with Crippen molar-refractivity contribution in [3.05, 3.63) is 46.1 Å². The fourth-order valence-corrected chi connectivity index (χ4v) is 2.36. The predicted octanol–water partition coefficient (Wildman–Crippen LogP) is 3.87. The van der Waals surface area contributed by atoms with Crippen molar-refractivity contribution in [1.29, 1.82) is 0 Å². The summed E-state index contributed by atoms with van der Waals surface area (Å²) < 4.78 is 0.837. The quantitative estimate of drug-likeness (QED) is 0.846. The highest BCUT2D eigenvalue weighted by Gasteiger charge is 2.10. The summed E-state index contributed by atoms with van der Waals surface area (Å²) in [6, 6.07) is 9.15. The van der Waals surface area contributed by atoms with Gasteiger partial charge < -0.3 is 10.6 Å². The van der Waals surface area contributed by atoms with Crippen molar-refractivity contribution in [2.45, 2.75) is 20.8 Å². The number of rotatable bonds is 5. The lowest BCUT2D eigenvalue weighted by Crippen LogP contribution is -2.16. The van der Waals surface area contributed by atoms with Gasteiger partial charge in [0.05, 0.1) is 5.69 Å². The number of hydrogen-bond acceptors (Lipinski definition) is 4. The highest BCUT2D eigenvalue weighted by atomic mass is 79.9. The van der Waals surface area contributed by atoms with Crippen LogP contribution in [0.5, 0.6) is 0 Å². The molecule has 1 aromatic heterocycles. The maximum Gasteiger partial charge on any atom is 0.276 e.